The van der Waals surface area contributed by atoms with E-state index in [4.69, 9.17) is 9.72 Å². The summed E-state index contributed by atoms with van der Waals surface area (Å²) in [6, 6.07) is 11.3. The lowest BCUT2D eigenvalue weighted by molar-refractivity contribution is 0.0645. The normalized spacial score (nSPS) is 23.6. The van der Waals surface area contributed by atoms with Gasteiger partial charge in [0.05, 0.1) is 24.9 Å². The Morgan fingerprint density at radius 2 is 1.94 bits per heavy atom. The number of thiophene rings is 1. The first-order valence-electron chi connectivity index (χ1n) is 11.6. The van der Waals surface area contributed by atoms with Crippen LogP contribution in [0.1, 0.15) is 29.5 Å². The van der Waals surface area contributed by atoms with Gasteiger partial charge in [-0.15, -0.1) is 11.3 Å². The van der Waals surface area contributed by atoms with E-state index in [0.29, 0.717) is 6.04 Å². The Hall–Kier alpha value is -1.93. The van der Waals surface area contributed by atoms with Crippen molar-refractivity contribution in [3.05, 3.63) is 52.5 Å². The highest BCUT2D eigenvalue weighted by molar-refractivity contribution is 7.09. The van der Waals surface area contributed by atoms with Crippen molar-refractivity contribution in [1.29, 1.82) is 0 Å². The lowest BCUT2D eigenvalue weighted by Crippen LogP contribution is -2.48. The van der Waals surface area contributed by atoms with Crippen molar-refractivity contribution in [2.75, 3.05) is 57.4 Å². The van der Waals surface area contributed by atoms with E-state index in [1.807, 2.05) is 11.3 Å². The Morgan fingerprint density at radius 3 is 2.74 bits per heavy atom. The van der Waals surface area contributed by atoms with Gasteiger partial charge in [-0.3, -0.25) is 14.2 Å². The van der Waals surface area contributed by atoms with Gasteiger partial charge in [0.15, 0.2) is 0 Å². The highest BCUT2D eigenvalue weighted by atomic mass is 32.1. The summed E-state index contributed by atoms with van der Waals surface area (Å²) in [5.41, 5.74) is 2.28. The molecule has 3 aromatic rings. The molecule has 3 fully saturated rings. The molecule has 2 aliphatic heterocycles. The second-order valence-electron chi connectivity index (χ2n) is 9.15. The molecule has 164 valence electrons. The maximum atomic E-state index is 5.57. The highest BCUT2D eigenvalue weighted by Gasteiger charge is 2.34. The van der Waals surface area contributed by atoms with Crippen LogP contribution in [0.4, 0.5) is 5.82 Å². The van der Waals surface area contributed by atoms with E-state index < -0.39 is 0 Å². The van der Waals surface area contributed by atoms with Crippen molar-refractivity contribution >= 4 is 22.8 Å². The molecule has 5 heterocycles. The van der Waals surface area contributed by atoms with E-state index in [1.54, 1.807) is 0 Å². The smallest absolute Gasteiger partial charge is 0.138 e. The number of nitrogens with zero attached hydrogens (tertiary/aromatic N) is 5. The predicted molar refractivity (Wildman–Crippen MR) is 125 cm³/mol. The maximum absolute atomic E-state index is 5.57. The summed E-state index contributed by atoms with van der Waals surface area (Å²) in [7, 11) is 0. The van der Waals surface area contributed by atoms with Crippen LogP contribution in [0.3, 0.4) is 0 Å². The molecule has 2 saturated heterocycles. The summed E-state index contributed by atoms with van der Waals surface area (Å²) in [6.07, 6.45) is 5.10. The SMILES string of the molecule is c1csc(CN2CCN(CC3CC3)[C@@H](c3cn4c(N5CCOCC5)cccc4n3)C2)c1. The van der Waals surface area contributed by atoms with Crippen LogP contribution in [0, 0.1) is 5.92 Å². The van der Waals surface area contributed by atoms with E-state index >= 15 is 0 Å². The fourth-order valence-electron chi connectivity index (χ4n) is 5.00. The van der Waals surface area contributed by atoms with Crippen LogP contribution < -0.4 is 4.90 Å². The van der Waals surface area contributed by atoms with Gasteiger partial charge in [0, 0.05) is 56.9 Å². The molecule has 31 heavy (non-hydrogen) atoms. The molecule has 0 aromatic carbocycles. The summed E-state index contributed by atoms with van der Waals surface area (Å²) in [5, 5.41) is 2.19. The van der Waals surface area contributed by atoms with E-state index in [1.165, 1.54) is 35.8 Å². The average Bonchev–Trinajstić information content (AvgIpc) is 3.29. The molecule has 6 nitrogen and oxygen atoms in total. The zero-order valence-corrected chi connectivity index (χ0v) is 18.8. The van der Waals surface area contributed by atoms with E-state index in [2.05, 4.69) is 61.0 Å². The van der Waals surface area contributed by atoms with Crippen molar-refractivity contribution in [3.8, 4) is 0 Å². The second-order valence-corrected chi connectivity index (χ2v) is 10.2. The van der Waals surface area contributed by atoms with E-state index in [0.717, 1.165) is 64.0 Å². The number of piperazine rings is 1. The summed E-state index contributed by atoms with van der Waals surface area (Å²) >= 11 is 1.87. The lowest BCUT2D eigenvalue weighted by Gasteiger charge is -2.40. The molecule has 3 aliphatic rings. The topological polar surface area (TPSA) is 36.2 Å². The summed E-state index contributed by atoms with van der Waals surface area (Å²) in [6.45, 7) is 9.10. The number of aromatic nitrogens is 2. The maximum Gasteiger partial charge on any atom is 0.138 e. The van der Waals surface area contributed by atoms with Crippen molar-refractivity contribution in [3.63, 3.8) is 0 Å². The first kappa shape index (κ1) is 19.7. The zero-order chi connectivity index (χ0) is 20.6. The number of fused-ring (bicyclic) bond motifs is 1. The quantitative estimate of drug-likeness (QED) is 0.590. The number of imidazole rings is 1. The first-order valence-corrected chi connectivity index (χ1v) is 12.5. The highest BCUT2D eigenvalue weighted by Crippen LogP contribution is 2.35. The van der Waals surface area contributed by atoms with Gasteiger partial charge in [-0.1, -0.05) is 12.1 Å². The molecular weight excluding hydrogens is 406 g/mol. The minimum Gasteiger partial charge on any atom is -0.378 e. The first-order chi connectivity index (χ1) is 15.3. The molecule has 3 aromatic heterocycles. The number of hydrogen-bond donors (Lipinski definition) is 0. The Balaban J connectivity index is 1.29. The van der Waals surface area contributed by atoms with Gasteiger partial charge < -0.3 is 9.64 Å². The van der Waals surface area contributed by atoms with Crippen LogP contribution in [-0.2, 0) is 11.3 Å². The number of pyridine rings is 1. The minimum absolute atomic E-state index is 0.367. The molecule has 6 rings (SSSR count). The monoisotopic (exact) mass is 437 g/mol. The summed E-state index contributed by atoms with van der Waals surface area (Å²) in [5.74, 6) is 2.13. The molecule has 1 atom stereocenters. The van der Waals surface area contributed by atoms with Crippen LogP contribution in [-0.4, -0.2) is 71.7 Å². The van der Waals surface area contributed by atoms with Gasteiger partial charge in [-0.05, 0) is 42.3 Å². The number of hydrogen-bond acceptors (Lipinski definition) is 6. The van der Waals surface area contributed by atoms with Crippen LogP contribution >= 0.6 is 11.3 Å². The van der Waals surface area contributed by atoms with Crippen molar-refractivity contribution < 1.29 is 4.74 Å². The molecule has 0 unspecified atom stereocenters. The van der Waals surface area contributed by atoms with Crippen molar-refractivity contribution in [2.45, 2.75) is 25.4 Å². The molecular formula is C24H31N5OS. The van der Waals surface area contributed by atoms with Gasteiger partial charge in [0.25, 0.3) is 0 Å². The summed E-state index contributed by atoms with van der Waals surface area (Å²) < 4.78 is 7.87. The van der Waals surface area contributed by atoms with Gasteiger partial charge in [0.1, 0.15) is 11.5 Å². The average molecular weight is 438 g/mol. The van der Waals surface area contributed by atoms with Gasteiger partial charge in [-0.2, -0.15) is 0 Å². The molecule has 0 amide bonds. The lowest BCUT2D eigenvalue weighted by atomic mass is 10.1. The zero-order valence-electron chi connectivity index (χ0n) is 18.0. The van der Waals surface area contributed by atoms with Crippen LogP contribution in [0.5, 0.6) is 0 Å². The largest absolute Gasteiger partial charge is 0.378 e. The molecule has 0 spiro atoms. The fourth-order valence-corrected chi connectivity index (χ4v) is 5.75. The van der Waals surface area contributed by atoms with Crippen molar-refractivity contribution in [1.82, 2.24) is 19.2 Å². The van der Waals surface area contributed by atoms with E-state index in [9.17, 15) is 0 Å². The van der Waals surface area contributed by atoms with Crippen molar-refractivity contribution in [2.24, 2.45) is 5.92 Å². The molecule has 0 N–H and O–H groups in total. The Kier molecular flexibility index (Phi) is 5.44. The third-order valence-corrected chi connectivity index (χ3v) is 7.75. The third kappa shape index (κ3) is 4.24. The third-order valence-electron chi connectivity index (χ3n) is 6.89. The van der Waals surface area contributed by atoms with Gasteiger partial charge >= 0.3 is 0 Å². The molecule has 0 radical (unpaired) electrons. The molecule has 0 bridgehead atoms. The predicted octanol–water partition coefficient (Wildman–Crippen LogP) is 3.50. The molecule has 1 aliphatic carbocycles. The Bertz CT molecular complexity index is 1010. The van der Waals surface area contributed by atoms with Gasteiger partial charge in [0.2, 0.25) is 0 Å². The van der Waals surface area contributed by atoms with Crippen LogP contribution in [0.2, 0.25) is 0 Å². The van der Waals surface area contributed by atoms with Gasteiger partial charge in [-0.25, -0.2) is 4.98 Å². The minimum atomic E-state index is 0.367. The number of rotatable bonds is 6. The Labute approximate surface area is 188 Å². The molecule has 1 saturated carbocycles. The van der Waals surface area contributed by atoms with Crippen LogP contribution in [0.25, 0.3) is 5.65 Å². The standard InChI is InChI=1S/C24H31N5OS/c1-4-23-25-21(17-29(23)24(5-1)27-10-12-30-13-11-27)22-18-26(16-20-3-2-14-31-20)8-9-28(22)15-19-6-7-19/h1-5,14,17,19,22H,6-13,15-16,18H2/t22-/m1/s1. The number of anilines is 1. The fraction of sp³-hybridized carbons (Fsp3) is 0.542. The van der Waals surface area contributed by atoms with E-state index in [-0.39, 0.29) is 0 Å². The second kappa shape index (κ2) is 8.54. The molecule has 7 heteroatoms. The summed E-state index contributed by atoms with van der Waals surface area (Å²) in [4.78, 5) is 14.3. The Morgan fingerprint density at radius 1 is 1.03 bits per heavy atom. The number of morpholine rings is 1. The van der Waals surface area contributed by atoms with Crippen LogP contribution in [0.15, 0.2) is 41.9 Å². The number of ether oxygens (including phenoxy) is 1.